The Balaban J connectivity index is 2.57. The van der Waals surface area contributed by atoms with Gasteiger partial charge in [0.15, 0.2) is 0 Å². The smallest absolute Gasteiger partial charge is 0.244 e. The van der Waals surface area contributed by atoms with E-state index in [0.717, 1.165) is 13.0 Å². The van der Waals surface area contributed by atoms with Crippen molar-refractivity contribution in [2.24, 2.45) is 0 Å². The Morgan fingerprint density at radius 2 is 2.50 bits per heavy atom. The minimum atomic E-state index is -0.00773. The highest BCUT2D eigenvalue weighted by Crippen LogP contribution is 1.97. The maximum Gasteiger partial charge on any atom is 0.244 e. The molecule has 0 fully saturated rings. The SMILES string of the molecule is C=CCN(CCC)C(=O)Cn1cnc(N)n1. The molecule has 1 aromatic rings. The van der Waals surface area contributed by atoms with Gasteiger partial charge in [0, 0.05) is 13.1 Å². The first-order valence-electron chi connectivity index (χ1n) is 5.21. The van der Waals surface area contributed by atoms with Crippen molar-refractivity contribution in [3.63, 3.8) is 0 Å². The number of nitrogens with two attached hydrogens (primary N) is 1. The summed E-state index contributed by atoms with van der Waals surface area (Å²) >= 11 is 0. The summed E-state index contributed by atoms with van der Waals surface area (Å²) < 4.78 is 1.43. The van der Waals surface area contributed by atoms with E-state index >= 15 is 0 Å². The molecule has 1 amide bonds. The van der Waals surface area contributed by atoms with Gasteiger partial charge in [-0.05, 0) is 6.42 Å². The maximum absolute atomic E-state index is 11.9. The molecule has 16 heavy (non-hydrogen) atoms. The molecule has 0 unspecified atom stereocenters. The number of nitrogens with zero attached hydrogens (tertiary/aromatic N) is 4. The molecule has 2 N–H and O–H groups in total. The van der Waals surface area contributed by atoms with Crippen LogP contribution >= 0.6 is 0 Å². The first kappa shape index (κ1) is 12.2. The first-order valence-corrected chi connectivity index (χ1v) is 5.21. The van der Waals surface area contributed by atoms with E-state index in [9.17, 15) is 4.79 Å². The molecule has 0 aliphatic carbocycles. The molecule has 0 bridgehead atoms. The quantitative estimate of drug-likeness (QED) is 0.703. The number of carbonyl (C=O) groups excluding carboxylic acids is 1. The van der Waals surface area contributed by atoms with Crippen molar-refractivity contribution in [3.8, 4) is 0 Å². The largest absolute Gasteiger partial charge is 0.367 e. The Bertz CT molecular complexity index is 360. The van der Waals surface area contributed by atoms with Crippen LogP contribution in [0.2, 0.25) is 0 Å². The van der Waals surface area contributed by atoms with Crippen LogP contribution in [0.4, 0.5) is 5.95 Å². The zero-order chi connectivity index (χ0) is 12.0. The summed E-state index contributed by atoms with van der Waals surface area (Å²) in [5.41, 5.74) is 5.36. The van der Waals surface area contributed by atoms with Crippen molar-refractivity contribution in [3.05, 3.63) is 19.0 Å². The van der Waals surface area contributed by atoms with Crippen molar-refractivity contribution in [1.82, 2.24) is 19.7 Å². The van der Waals surface area contributed by atoms with E-state index in [1.165, 1.54) is 11.0 Å². The van der Waals surface area contributed by atoms with Gasteiger partial charge in [-0.3, -0.25) is 4.79 Å². The van der Waals surface area contributed by atoms with Crippen molar-refractivity contribution in [1.29, 1.82) is 0 Å². The van der Waals surface area contributed by atoms with Crippen LogP contribution in [0.3, 0.4) is 0 Å². The summed E-state index contributed by atoms with van der Waals surface area (Å²) in [5, 5.41) is 3.86. The predicted octanol–water partition coefficient (Wildman–Crippen LogP) is 0.285. The molecule has 0 atom stereocenters. The van der Waals surface area contributed by atoms with Crippen LogP contribution in [0.5, 0.6) is 0 Å². The fourth-order valence-corrected chi connectivity index (χ4v) is 1.37. The number of hydrogen-bond donors (Lipinski definition) is 1. The minimum Gasteiger partial charge on any atom is -0.367 e. The summed E-state index contributed by atoms with van der Waals surface area (Å²) in [6, 6.07) is 0. The van der Waals surface area contributed by atoms with E-state index in [4.69, 9.17) is 5.73 Å². The van der Waals surface area contributed by atoms with Gasteiger partial charge < -0.3 is 10.6 Å². The second kappa shape index (κ2) is 5.89. The second-order valence-corrected chi connectivity index (χ2v) is 3.43. The zero-order valence-electron chi connectivity index (χ0n) is 9.46. The lowest BCUT2D eigenvalue weighted by molar-refractivity contribution is -0.131. The number of hydrogen-bond acceptors (Lipinski definition) is 4. The minimum absolute atomic E-state index is 0.00773. The number of amides is 1. The summed E-state index contributed by atoms with van der Waals surface area (Å²) in [7, 11) is 0. The van der Waals surface area contributed by atoms with Crippen LogP contribution in [-0.2, 0) is 11.3 Å². The molecule has 1 rings (SSSR count). The van der Waals surface area contributed by atoms with Gasteiger partial charge in [-0.15, -0.1) is 11.7 Å². The van der Waals surface area contributed by atoms with E-state index in [-0.39, 0.29) is 18.4 Å². The highest BCUT2D eigenvalue weighted by atomic mass is 16.2. The molecule has 0 saturated carbocycles. The molecule has 0 radical (unpaired) electrons. The Kier molecular flexibility index (Phi) is 4.50. The lowest BCUT2D eigenvalue weighted by Gasteiger charge is -2.19. The molecule has 0 spiro atoms. The molecule has 1 aromatic heterocycles. The third kappa shape index (κ3) is 3.38. The van der Waals surface area contributed by atoms with Crippen molar-refractivity contribution in [2.75, 3.05) is 18.8 Å². The Labute approximate surface area is 94.7 Å². The third-order valence-electron chi connectivity index (χ3n) is 2.05. The molecule has 6 nitrogen and oxygen atoms in total. The van der Waals surface area contributed by atoms with Gasteiger partial charge in [0.1, 0.15) is 12.9 Å². The van der Waals surface area contributed by atoms with Crippen LogP contribution in [0, 0.1) is 0 Å². The van der Waals surface area contributed by atoms with E-state index in [1.54, 1.807) is 11.0 Å². The lowest BCUT2D eigenvalue weighted by Crippen LogP contribution is -2.34. The molecule has 0 aliphatic rings. The first-order chi connectivity index (χ1) is 7.67. The topological polar surface area (TPSA) is 77.0 Å². The standard InChI is InChI=1S/C10H17N5O/c1-3-5-14(6-4-2)9(16)7-15-8-12-10(11)13-15/h3,8H,1,4-7H2,2H3,(H2,11,13). The molecular weight excluding hydrogens is 206 g/mol. The van der Waals surface area contributed by atoms with Crippen molar-refractivity contribution in [2.45, 2.75) is 19.9 Å². The molecule has 0 aliphatic heterocycles. The molecule has 1 heterocycles. The van der Waals surface area contributed by atoms with Gasteiger partial charge in [-0.1, -0.05) is 13.0 Å². The summed E-state index contributed by atoms with van der Waals surface area (Å²) in [6.07, 6.45) is 4.08. The molecule has 88 valence electrons. The summed E-state index contributed by atoms with van der Waals surface area (Å²) in [6.45, 7) is 7.09. The van der Waals surface area contributed by atoms with Crippen LogP contribution < -0.4 is 5.73 Å². The average Bonchev–Trinajstić information content (AvgIpc) is 2.63. The summed E-state index contributed by atoms with van der Waals surface area (Å²) in [4.78, 5) is 17.3. The fourth-order valence-electron chi connectivity index (χ4n) is 1.37. The van der Waals surface area contributed by atoms with Gasteiger partial charge in [-0.25, -0.2) is 9.67 Å². The fraction of sp³-hybridized carbons (Fsp3) is 0.500. The maximum atomic E-state index is 11.9. The second-order valence-electron chi connectivity index (χ2n) is 3.43. The zero-order valence-corrected chi connectivity index (χ0v) is 9.46. The van der Waals surface area contributed by atoms with Gasteiger partial charge in [0.2, 0.25) is 11.9 Å². The number of nitrogen functional groups attached to an aromatic ring is 1. The van der Waals surface area contributed by atoms with Crippen LogP contribution in [0.25, 0.3) is 0 Å². The lowest BCUT2D eigenvalue weighted by atomic mass is 10.3. The highest BCUT2D eigenvalue weighted by molar-refractivity contribution is 5.76. The highest BCUT2D eigenvalue weighted by Gasteiger charge is 2.12. The summed E-state index contributed by atoms with van der Waals surface area (Å²) in [5.74, 6) is 0.171. The Hall–Kier alpha value is -1.85. The van der Waals surface area contributed by atoms with Crippen molar-refractivity contribution >= 4 is 11.9 Å². The Morgan fingerprint density at radius 1 is 1.75 bits per heavy atom. The molecule has 0 saturated heterocycles. The van der Waals surface area contributed by atoms with E-state index < -0.39 is 0 Å². The van der Waals surface area contributed by atoms with Gasteiger partial charge in [0.05, 0.1) is 0 Å². The van der Waals surface area contributed by atoms with Crippen molar-refractivity contribution < 1.29 is 4.79 Å². The third-order valence-corrected chi connectivity index (χ3v) is 2.05. The molecule has 0 aromatic carbocycles. The van der Waals surface area contributed by atoms with Crippen LogP contribution in [0.1, 0.15) is 13.3 Å². The van der Waals surface area contributed by atoms with E-state index in [2.05, 4.69) is 16.7 Å². The average molecular weight is 223 g/mol. The van der Waals surface area contributed by atoms with Crippen LogP contribution in [-0.4, -0.2) is 38.7 Å². The van der Waals surface area contributed by atoms with Gasteiger partial charge in [-0.2, -0.15) is 0 Å². The van der Waals surface area contributed by atoms with Gasteiger partial charge >= 0.3 is 0 Å². The predicted molar refractivity (Wildman–Crippen MR) is 61.5 cm³/mol. The molecule has 6 heteroatoms. The monoisotopic (exact) mass is 223 g/mol. The number of carbonyl (C=O) groups is 1. The number of rotatable bonds is 6. The number of aromatic nitrogens is 3. The normalized spacial score (nSPS) is 10.1. The van der Waals surface area contributed by atoms with E-state index in [0.29, 0.717) is 6.54 Å². The Morgan fingerprint density at radius 3 is 3.00 bits per heavy atom. The molecular formula is C10H17N5O. The van der Waals surface area contributed by atoms with E-state index in [1.807, 2.05) is 6.92 Å². The number of anilines is 1. The van der Waals surface area contributed by atoms with Gasteiger partial charge in [0.25, 0.3) is 0 Å². The van der Waals surface area contributed by atoms with Crippen LogP contribution in [0.15, 0.2) is 19.0 Å².